The number of halogens is 3. The molecule has 1 unspecified atom stereocenters. The summed E-state index contributed by atoms with van der Waals surface area (Å²) in [6, 6.07) is 8.70. The summed E-state index contributed by atoms with van der Waals surface area (Å²) >= 11 is 5.77. The smallest absolute Gasteiger partial charge is 0.294 e. The summed E-state index contributed by atoms with van der Waals surface area (Å²) in [4.78, 5) is 31.4. The van der Waals surface area contributed by atoms with Crippen molar-refractivity contribution in [3.8, 4) is 6.19 Å². The zero-order valence-corrected chi connectivity index (χ0v) is 16.5. The van der Waals surface area contributed by atoms with Crippen molar-refractivity contribution in [3.05, 3.63) is 59.4 Å². The van der Waals surface area contributed by atoms with Gasteiger partial charge in [-0.05, 0) is 43.3 Å². The number of guanidine groups is 1. The summed E-state index contributed by atoms with van der Waals surface area (Å²) in [7, 11) is 0. The van der Waals surface area contributed by atoms with Crippen LogP contribution in [0.1, 0.15) is 23.7 Å². The van der Waals surface area contributed by atoms with Gasteiger partial charge in [-0.3, -0.25) is 19.9 Å². The molecule has 2 aromatic rings. The standard InChI is InChI=1S/C19H17ClF2N6O2/c1-12(29)9-19(21,22)17(27-16(30)13-4-6-14(20)7-5-13)28-18(25-11-23)26-15-3-2-8-24-10-15/h2-8,10,17H,9H2,1H3,(H,27,30)(H2,25,26,28). The number of nitriles is 1. The van der Waals surface area contributed by atoms with Gasteiger partial charge in [-0.1, -0.05) is 11.6 Å². The Hall–Kier alpha value is -3.58. The number of hydrogen-bond acceptors (Lipinski definition) is 5. The Morgan fingerprint density at radius 2 is 2.00 bits per heavy atom. The zero-order valence-electron chi connectivity index (χ0n) is 15.7. The predicted octanol–water partition coefficient (Wildman–Crippen LogP) is 2.94. The highest BCUT2D eigenvalue weighted by molar-refractivity contribution is 6.30. The van der Waals surface area contributed by atoms with Crippen molar-refractivity contribution in [2.45, 2.75) is 25.4 Å². The number of benzene rings is 1. The minimum Gasteiger partial charge on any atom is -0.325 e. The molecule has 1 aromatic heterocycles. The summed E-state index contributed by atoms with van der Waals surface area (Å²) in [6.07, 6.45) is 1.14. The molecular formula is C19H17ClF2N6O2. The Bertz CT molecular complexity index is 961. The van der Waals surface area contributed by atoms with Crippen LogP contribution in [0.3, 0.4) is 0 Å². The van der Waals surface area contributed by atoms with Gasteiger partial charge in [0.1, 0.15) is 5.78 Å². The largest absolute Gasteiger partial charge is 0.325 e. The van der Waals surface area contributed by atoms with Crippen LogP contribution in [0.15, 0.2) is 53.8 Å². The van der Waals surface area contributed by atoms with E-state index < -0.39 is 30.2 Å². The Morgan fingerprint density at radius 3 is 2.57 bits per heavy atom. The van der Waals surface area contributed by atoms with Gasteiger partial charge < -0.3 is 10.6 Å². The third-order valence-corrected chi connectivity index (χ3v) is 3.87. The van der Waals surface area contributed by atoms with Gasteiger partial charge in [0.2, 0.25) is 5.96 Å². The highest BCUT2D eigenvalue weighted by Crippen LogP contribution is 2.25. The first-order valence-corrected chi connectivity index (χ1v) is 8.92. The van der Waals surface area contributed by atoms with Crippen molar-refractivity contribution >= 4 is 34.9 Å². The number of aliphatic imine (C=N–C) groups is 1. The normalized spacial score (nSPS) is 12.4. The molecule has 1 aromatic carbocycles. The van der Waals surface area contributed by atoms with Crippen molar-refractivity contribution < 1.29 is 18.4 Å². The number of aromatic nitrogens is 1. The molecule has 1 heterocycles. The van der Waals surface area contributed by atoms with Crippen LogP contribution >= 0.6 is 11.6 Å². The lowest BCUT2D eigenvalue weighted by Gasteiger charge is -2.25. The first-order valence-electron chi connectivity index (χ1n) is 8.55. The quantitative estimate of drug-likeness (QED) is 0.267. The molecule has 30 heavy (non-hydrogen) atoms. The van der Waals surface area contributed by atoms with E-state index in [1.807, 2.05) is 0 Å². The number of amides is 1. The second kappa shape index (κ2) is 10.3. The van der Waals surface area contributed by atoms with E-state index in [-0.39, 0.29) is 11.5 Å². The van der Waals surface area contributed by atoms with E-state index in [1.54, 1.807) is 18.3 Å². The minimum absolute atomic E-state index is 0.0632. The number of nitrogens with one attached hydrogen (secondary N) is 3. The van der Waals surface area contributed by atoms with Gasteiger partial charge in [0.15, 0.2) is 12.4 Å². The van der Waals surface area contributed by atoms with Gasteiger partial charge in [-0.15, -0.1) is 0 Å². The average Bonchev–Trinajstić information content (AvgIpc) is 2.68. The van der Waals surface area contributed by atoms with Crippen LogP contribution in [0.2, 0.25) is 5.02 Å². The lowest BCUT2D eigenvalue weighted by molar-refractivity contribution is -0.126. The second-order valence-corrected chi connectivity index (χ2v) is 6.54. The number of nitrogens with zero attached hydrogens (tertiary/aromatic N) is 3. The number of Topliss-reactive ketones (excluding diaryl/α,β-unsaturated/α-hetero) is 1. The monoisotopic (exact) mass is 434 g/mol. The molecule has 1 atom stereocenters. The van der Waals surface area contributed by atoms with Gasteiger partial charge in [0, 0.05) is 16.8 Å². The fourth-order valence-corrected chi connectivity index (χ4v) is 2.45. The van der Waals surface area contributed by atoms with Crippen molar-refractivity contribution in [2.75, 3.05) is 5.32 Å². The first kappa shape index (κ1) is 22.7. The number of anilines is 1. The van der Waals surface area contributed by atoms with E-state index >= 15 is 0 Å². The van der Waals surface area contributed by atoms with E-state index in [1.165, 1.54) is 36.7 Å². The van der Waals surface area contributed by atoms with E-state index in [4.69, 9.17) is 16.9 Å². The molecule has 8 nitrogen and oxygen atoms in total. The molecule has 0 radical (unpaired) electrons. The van der Waals surface area contributed by atoms with Crippen LogP contribution in [0.25, 0.3) is 0 Å². The summed E-state index contributed by atoms with van der Waals surface area (Å²) in [6.45, 7) is 0.998. The second-order valence-electron chi connectivity index (χ2n) is 6.10. The predicted molar refractivity (Wildman–Crippen MR) is 107 cm³/mol. The highest BCUT2D eigenvalue weighted by atomic mass is 35.5. The molecule has 11 heteroatoms. The summed E-state index contributed by atoms with van der Waals surface area (Å²) in [5.74, 6) is -5.75. The molecule has 0 aliphatic carbocycles. The SMILES string of the molecule is CC(=O)CC(F)(F)C(/N=C(/NC#N)Nc1cccnc1)NC(=O)c1ccc(Cl)cc1. The van der Waals surface area contributed by atoms with E-state index in [2.05, 4.69) is 25.9 Å². The first-order chi connectivity index (χ1) is 14.2. The number of alkyl halides is 2. The minimum atomic E-state index is -3.73. The molecular weight excluding hydrogens is 418 g/mol. The molecule has 3 N–H and O–H groups in total. The van der Waals surface area contributed by atoms with Crippen LogP contribution in [-0.2, 0) is 4.79 Å². The highest BCUT2D eigenvalue weighted by Gasteiger charge is 2.42. The van der Waals surface area contributed by atoms with Crippen molar-refractivity contribution in [1.82, 2.24) is 15.6 Å². The van der Waals surface area contributed by atoms with E-state index in [9.17, 15) is 18.4 Å². The van der Waals surface area contributed by atoms with Crippen molar-refractivity contribution in [1.29, 1.82) is 5.26 Å². The fourth-order valence-electron chi connectivity index (χ4n) is 2.32. The number of pyridine rings is 1. The van der Waals surface area contributed by atoms with Crippen LogP contribution < -0.4 is 16.0 Å². The van der Waals surface area contributed by atoms with E-state index in [0.29, 0.717) is 10.7 Å². The molecule has 0 bridgehead atoms. The van der Waals surface area contributed by atoms with Gasteiger partial charge in [-0.25, -0.2) is 13.8 Å². The summed E-state index contributed by atoms with van der Waals surface area (Å²) in [5.41, 5.74) is 0.421. The lowest BCUT2D eigenvalue weighted by Crippen LogP contribution is -2.49. The Kier molecular flexibility index (Phi) is 7.77. The van der Waals surface area contributed by atoms with Crippen LogP contribution in [0.4, 0.5) is 14.5 Å². The number of rotatable bonds is 7. The maximum absolute atomic E-state index is 14.7. The summed E-state index contributed by atoms with van der Waals surface area (Å²) in [5, 5.41) is 16.1. The van der Waals surface area contributed by atoms with E-state index in [0.717, 1.165) is 6.92 Å². The average molecular weight is 435 g/mol. The molecule has 0 saturated heterocycles. The number of carbonyl (C=O) groups is 2. The maximum Gasteiger partial charge on any atom is 0.294 e. The zero-order chi connectivity index (χ0) is 22.1. The third-order valence-electron chi connectivity index (χ3n) is 3.62. The van der Waals surface area contributed by atoms with Crippen molar-refractivity contribution in [3.63, 3.8) is 0 Å². The molecule has 0 fully saturated rings. The Labute approximate surface area is 176 Å². The van der Waals surface area contributed by atoms with Gasteiger partial charge in [0.05, 0.1) is 18.3 Å². The van der Waals surface area contributed by atoms with Gasteiger partial charge in [-0.2, -0.15) is 5.26 Å². The number of hydrogen-bond donors (Lipinski definition) is 3. The molecule has 2 rings (SSSR count). The summed E-state index contributed by atoms with van der Waals surface area (Å²) < 4.78 is 29.4. The molecule has 156 valence electrons. The molecule has 0 aliphatic rings. The Balaban J connectivity index is 2.36. The number of ketones is 1. The topological polar surface area (TPSA) is 119 Å². The van der Waals surface area contributed by atoms with Crippen molar-refractivity contribution in [2.24, 2.45) is 4.99 Å². The molecule has 0 spiro atoms. The fraction of sp³-hybridized carbons (Fsp3) is 0.211. The lowest BCUT2D eigenvalue weighted by atomic mass is 10.1. The van der Waals surface area contributed by atoms with Crippen LogP contribution in [0.5, 0.6) is 0 Å². The maximum atomic E-state index is 14.7. The molecule has 0 saturated carbocycles. The Morgan fingerprint density at radius 1 is 1.30 bits per heavy atom. The van der Waals surface area contributed by atoms with Crippen LogP contribution in [-0.4, -0.2) is 34.7 Å². The third kappa shape index (κ3) is 6.79. The van der Waals surface area contributed by atoms with Gasteiger partial charge >= 0.3 is 0 Å². The van der Waals surface area contributed by atoms with Crippen LogP contribution in [0, 0.1) is 11.5 Å². The molecule has 1 amide bonds. The van der Waals surface area contributed by atoms with Gasteiger partial charge in [0.25, 0.3) is 11.8 Å². The number of carbonyl (C=O) groups excluding carboxylic acids is 2. The molecule has 0 aliphatic heterocycles.